The first-order valence-electron chi connectivity index (χ1n) is 9.70. The van der Waals surface area contributed by atoms with Gasteiger partial charge in [-0.05, 0) is 55.5 Å². The molecule has 170 valence electrons. The minimum Gasteiger partial charge on any atom is -0.506 e. The van der Waals surface area contributed by atoms with Gasteiger partial charge in [0.15, 0.2) is 6.10 Å². The van der Waals surface area contributed by atoms with E-state index in [1.54, 1.807) is 42.5 Å². The number of nitriles is 1. The van der Waals surface area contributed by atoms with E-state index >= 15 is 0 Å². The fourth-order valence-electron chi connectivity index (χ4n) is 2.85. The van der Waals surface area contributed by atoms with Crippen molar-refractivity contribution in [2.75, 3.05) is 17.1 Å². The molecule has 0 radical (unpaired) electrons. The molecule has 0 aliphatic rings. The Morgan fingerprint density at radius 2 is 1.82 bits per heavy atom. The van der Waals surface area contributed by atoms with Crippen LogP contribution in [0.5, 0.6) is 17.2 Å². The van der Waals surface area contributed by atoms with Crippen molar-refractivity contribution < 1.29 is 27.8 Å². The highest BCUT2D eigenvalue weighted by Crippen LogP contribution is 2.30. The molecule has 0 saturated carbocycles. The van der Waals surface area contributed by atoms with Crippen LogP contribution in [0.4, 0.5) is 11.4 Å². The zero-order chi connectivity index (χ0) is 24.0. The van der Waals surface area contributed by atoms with Crippen LogP contribution < -0.4 is 19.5 Å². The number of hydrogen-bond donors (Lipinski definition) is 3. The number of nitrogens with one attached hydrogen (secondary N) is 2. The number of benzene rings is 3. The Morgan fingerprint density at radius 3 is 2.55 bits per heavy atom. The lowest BCUT2D eigenvalue weighted by atomic mass is 10.2. The number of nitrogens with zero attached hydrogens (tertiary/aromatic N) is 1. The van der Waals surface area contributed by atoms with Crippen LogP contribution in [0.2, 0.25) is 0 Å². The second kappa shape index (κ2) is 9.93. The molecule has 0 aromatic heterocycles. The maximum atomic E-state index is 12.8. The molecule has 33 heavy (non-hydrogen) atoms. The molecule has 1 amide bonds. The molecule has 3 aromatic carbocycles. The molecule has 0 aliphatic heterocycles. The number of phenols is 1. The smallest absolute Gasteiger partial charge is 0.265 e. The summed E-state index contributed by atoms with van der Waals surface area (Å²) in [5.74, 6) is -0.295. The standard InChI is InChI=1S/C23H21N3O6S/c1-15(32-17-7-5-6-16(12-17)14-24)23(28)25-20-13-18(10-11-21(20)27)33(29,30)26-19-8-3-4-9-22(19)31-2/h3-13,15,26-27H,1-2H3,(H,25,28). The van der Waals surface area contributed by atoms with Gasteiger partial charge in [-0.1, -0.05) is 18.2 Å². The molecule has 0 aliphatic carbocycles. The number of sulfonamides is 1. The van der Waals surface area contributed by atoms with Crippen molar-refractivity contribution in [1.29, 1.82) is 5.26 Å². The van der Waals surface area contributed by atoms with Crippen molar-refractivity contribution >= 4 is 27.3 Å². The quantitative estimate of drug-likeness (QED) is 0.431. The van der Waals surface area contributed by atoms with E-state index in [9.17, 15) is 18.3 Å². The lowest BCUT2D eigenvalue weighted by Gasteiger charge is -2.16. The normalized spacial score (nSPS) is 11.7. The van der Waals surface area contributed by atoms with Crippen molar-refractivity contribution in [2.24, 2.45) is 0 Å². The molecule has 1 unspecified atom stereocenters. The first-order valence-corrected chi connectivity index (χ1v) is 11.2. The van der Waals surface area contributed by atoms with Crippen LogP contribution in [0.3, 0.4) is 0 Å². The summed E-state index contributed by atoms with van der Waals surface area (Å²) in [6, 6.07) is 18.3. The number of rotatable bonds is 8. The number of ether oxygens (including phenoxy) is 2. The summed E-state index contributed by atoms with van der Waals surface area (Å²) in [7, 11) is -2.63. The van der Waals surface area contributed by atoms with Crippen molar-refractivity contribution in [3.05, 3.63) is 72.3 Å². The topological polar surface area (TPSA) is 138 Å². The second-order valence-corrected chi connectivity index (χ2v) is 8.56. The van der Waals surface area contributed by atoms with Gasteiger partial charge in [0.25, 0.3) is 15.9 Å². The molecule has 0 spiro atoms. The second-order valence-electron chi connectivity index (χ2n) is 6.87. The van der Waals surface area contributed by atoms with E-state index in [4.69, 9.17) is 14.7 Å². The van der Waals surface area contributed by atoms with Gasteiger partial charge in [-0.3, -0.25) is 9.52 Å². The fraction of sp³-hybridized carbons (Fsp3) is 0.130. The van der Waals surface area contributed by atoms with E-state index in [2.05, 4.69) is 10.0 Å². The average molecular weight is 468 g/mol. The van der Waals surface area contributed by atoms with Gasteiger partial charge in [0.1, 0.15) is 17.2 Å². The van der Waals surface area contributed by atoms with Crippen LogP contribution in [0, 0.1) is 11.3 Å². The number of carbonyl (C=O) groups excluding carboxylic acids is 1. The Morgan fingerprint density at radius 1 is 1.06 bits per heavy atom. The van der Waals surface area contributed by atoms with Gasteiger partial charge in [0.2, 0.25) is 0 Å². The highest BCUT2D eigenvalue weighted by atomic mass is 32.2. The summed E-state index contributed by atoms with van der Waals surface area (Å²) in [6.07, 6.45) is -0.995. The first kappa shape index (κ1) is 23.4. The summed E-state index contributed by atoms with van der Waals surface area (Å²) >= 11 is 0. The van der Waals surface area contributed by atoms with Crippen LogP contribution in [0.1, 0.15) is 12.5 Å². The highest BCUT2D eigenvalue weighted by Gasteiger charge is 2.21. The molecular weight excluding hydrogens is 446 g/mol. The van der Waals surface area contributed by atoms with Crippen molar-refractivity contribution in [2.45, 2.75) is 17.9 Å². The van der Waals surface area contributed by atoms with Crippen molar-refractivity contribution in [3.8, 4) is 23.3 Å². The number of aromatic hydroxyl groups is 1. The number of para-hydroxylation sites is 2. The van der Waals surface area contributed by atoms with Gasteiger partial charge in [0.05, 0.1) is 35.0 Å². The van der Waals surface area contributed by atoms with E-state index in [1.165, 1.54) is 26.2 Å². The van der Waals surface area contributed by atoms with Crippen LogP contribution in [0.15, 0.2) is 71.6 Å². The van der Waals surface area contributed by atoms with E-state index in [0.717, 1.165) is 12.1 Å². The molecule has 10 heteroatoms. The highest BCUT2D eigenvalue weighted by molar-refractivity contribution is 7.92. The minimum atomic E-state index is -4.05. The Kier molecular flexibility index (Phi) is 7.05. The fourth-order valence-corrected chi connectivity index (χ4v) is 3.94. The summed E-state index contributed by atoms with van der Waals surface area (Å²) in [4.78, 5) is 12.4. The lowest BCUT2D eigenvalue weighted by molar-refractivity contribution is -0.122. The largest absolute Gasteiger partial charge is 0.506 e. The maximum Gasteiger partial charge on any atom is 0.265 e. The Bertz CT molecular complexity index is 1320. The van der Waals surface area contributed by atoms with E-state index in [0.29, 0.717) is 17.1 Å². The van der Waals surface area contributed by atoms with Gasteiger partial charge >= 0.3 is 0 Å². The monoisotopic (exact) mass is 467 g/mol. The molecule has 3 N–H and O–H groups in total. The Hall–Kier alpha value is -4.23. The van der Waals surface area contributed by atoms with Crippen LogP contribution in [0.25, 0.3) is 0 Å². The molecule has 0 saturated heterocycles. The first-order chi connectivity index (χ1) is 15.7. The number of carbonyl (C=O) groups is 1. The summed E-state index contributed by atoms with van der Waals surface area (Å²) in [6.45, 7) is 1.48. The third kappa shape index (κ3) is 5.72. The van der Waals surface area contributed by atoms with Gasteiger partial charge in [-0.15, -0.1) is 0 Å². The number of methoxy groups -OCH3 is 1. The third-order valence-electron chi connectivity index (χ3n) is 4.53. The molecule has 0 fully saturated rings. The molecule has 3 rings (SSSR count). The minimum absolute atomic E-state index is 0.107. The van der Waals surface area contributed by atoms with Crippen LogP contribution in [-0.2, 0) is 14.8 Å². The molecule has 9 nitrogen and oxygen atoms in total. The van der Waals surface area contributed by atoms with E-state index in [1.807, 2.05) is 6.07 Å². The predicted octanol–water partition coefficient (Wildman–Crippen LogP) is 3.48. The molecular formula is C23H21N3O6S. The maximum absolute atomic E-state index is 12.8. The van der Waals surface area contributed by atoms with Gasteiger partial charge in [-0.25, -0.2) is 8.42 Å². The molecule has 0 bridgehead atoms. The zero-order valence-electron chi connectivity index (χ0n) is 17.8. The van der Waals surface area contributed by atoms with Gasteiger partial charge in [0, 0.05) is 0 Å². The summed E-state index contributed by atoms with van der Waals surface area (Å²) in [5.41, 5.74) is 0.502. The Labute approximate surface area is 191 Å². The lowest BCUT2D eigenvalue weighted by Crippen LogP contribution is -2.30. The molecule has 1 atom stereocenters. The summed E-state index contributed by atoms with van der Waals surface area (Å²) < 4.78 is 38.8. The SMILES string of the molecule is COc1ccccc1NS(=O)(=O)c1ccc(O)c(NC(=O)C(C)Oc2cccc(C#N)c2)c1. The van der Waals surface area contributed by atoms with Crippen molar-refractivity contribution in [3.63, 3.8) is 0 Å². The third-order valence-corrected chi connectivity index (χ3v) is 5.90. The van der Waals surface area contributed by atoms with Crippen molar-refractivity contribution in [1.82, 2.24) is 0 Å². The summed E-state index contributed by atoms with van der Waals surface area (Å²) in [5, 5.41) is 21.6. The van der Waals surface area contributed by atoms with Gasteiger partial charge in [-0.2, -0.15) is 5.26 Å². The number of amides is 1. The van der Waals surface area contributed by atoms with E-state index < -0.39 is 22.0 Å². The molecule has 3 aromatic rings. The van der Waals surface area contributed by atoms with E-state index in [-0.39, 0.29) is 22.0 Å². The van der Waals surface area contributed by atoms with Crippen LogP contribution >= 0.6 is 0 Å². The average Bonchev–Trinajstić information content (AvgIpc) is 2.80. The predicted molar refractivity (Wildman–Crippen MR) is 122 cm³/mol. The van der Waals surface area contributed by atoms with Crippen LogP contribution in [-0.4, -0.2) is 32.6 Å². The zero-order valence-corrected chi connectivity index (χ0v) is 18.6. The number of phenolic OH excluding ortho intramolecular Hbond substituents is 1. The van der Waals surface area contributed by atoms with Gasteiger partial charge < -0.3 is 19.9 Å². The number of hydrogen-bond acceptors (Lipinski definition) is 7. The Balaban J connectivity index is 1.78. The molecule has 0 heterocycles. The number of anilines is 2.